The average molecular weight is 321 g/mol. The highest BCUT2D eigenvalue weighted by Crippen LogP contribution is 2.28. The summed E-state index contributed by atoms with van der Waals surface area (Å²) in [6.45, 7) is 7.24. The van der Waals surface area contributed by atoms with Gasteiger partial charge in [0.25, 0.3) is 0 Å². The van der Waals surface area contributed by atoms with Crippen LogP contribution >= 0.6 is 0 Å². The van der Waals surface area contributed by atoms with Crippen molar-refractivity contribution in [2.75, 3.05) is 31.1 Å². The second-order valence-electron chi connectivity index (χ2n) is 7.01. The summed E-state index contributed by atoms with van der Waals surface area (Å²) in [5.41, 5.74) is 2.43. The first-order valence-electron chi connectivity index (χ1n) is 8.41. The van der Waals surface area contributed by atoms with E-state index < -0.39 is 18.3 Å². The molecular formula is C17H27N3O3. The van der Waals surface area contributed by atoms with Gasteiger partial charge in [-0.15, -0.1) is 0 Å². The molecular weight excluding hydrogens is 294 g/mol. The van der Waals surface area contributed by atoms with Gasteiger partial charge < -0.3 is 20.2 Å². The number of aliphatic hydroxyl groups excluding tert-OH is 3. The molecule has 2 aliphatic rings. The number of hydrogen-bond acceptors (Lipinski definition) is 6. The van der Waals surface area contributed by atoms with Gasteiger partial charge in [0.2, 0.25) is 0 Å². The largest absolute Gasteiger partial charge is 0.389 e. The highest BCUT2D eigenvalue weighted by Gasteiger charge is 2.40. The molecule has 3 rings (SSSR count). The maximum absolute atomic E-state index is 10.1. The molecule has 1 unspecified atom stereocenters. The van der Waals surface area contributed by atoms with Gasteiger partial charge >= 0.3 is 0 Å². The number of aromatic nitrogens is 1. The van der Waals surface area contributed by atoms with Crippen molar-refractivity contribution in [2.24, 2.45) is 5.92 Å². The summed E-state index contributed by atoms with van der Waals surface area (Å²) in [4.78, 5) is 8.69. The van der Waals surface area contributed by atoms with Crippen molar-refractivity contribution in [2.45, 2.75) is 44.6 Å². The Morgan fingerprint density at radius 3 is 2.74 bits per heavy atom. The first-order chi connectivity index (χ1) is 11.0. The van der Waals surface area contributed by atoms with Gasteiger partial charge in [0.1, 0.15) is 6.10 Å². The molecule has 3 heterocycles. The van der Waals surface area contributed by atoms with Crippen molar-refractivity contribution in [3.05, 3.63) is 24.0 Å². The first kappa shape index (κ1) is 16.6. The zero-order valence-corrected chi connectivity index (χ0v) is 13.8. The zero-order chi connectivity index (χ0) is 16.6. The molecule has 2 aliphatic heterocycles. The Bertz CT molecular complexity index is 542. The van der Waals surface area contributed by atoms with E-state index in [1.54, 1.807) is 0 Å². The van der Waals surface area contributed by atoms with Gasteiger partial charge in [0.15, 0.2) is 0 Å². The smallest absolute Gasteiger partial charge is 0.108 e. The van der Waals surface area contributed by atoms with E-state index in [9.17, 15) is 15.3 Å². The van der Waals surface area contributed by atoms with Crippen LogP contribution in [0.2, 0.25) is 0 Å². The third-order valence-electron chi connectivity index (χ3n) is 5.37. The number of pyridine rings is 1. The van der Waals surface area contributed by atoms with Gasteiger partial charge in [0, 0.05) is 38.4 Å². The fourth-order valence-electron chi connectivity index (χ4n) is 3.80. The number of piperidine rings is 1. The maximum Gasteiger partial charge on any atom is 0.108 e. The van der Waals surface area contributed by atoms with E-state index >= 15 is 0 Å². The SMILES string of the molecule is Cc1ccncc1N1CCC(CN2C[C@H](O)[C@@H](O)[C@H](O)[C@H]2C)C1. The zero-order valence-electron chi connectivity index (χ0n) is 13.8. The van der Waals surface area contributed by atoms with Crippen LogP contribution in [0.25, 0.3) is 0 Å². The van der Waals surface area contributed by atoms with Crippen molar-refractivity contribution in [3.63, 3.8) is 0 Å². The predicted octanol–water partition coefficient (Wildman–Crippen LogP) is 0.00312. The molecule has 0 saturated carbocycles. The topological polar surface area (TPSA) is 80.1 Å². The number of aryl methyl sites for hydroxylation is 1. The van der Waals surface area contributed by atoms with Gasteiger partial charge in [-0.1, -0.05) is 0 Å². The number of nitrogens with zero attached hydrogens (tertiary/aromatic N) is 3. The molecule has 0 bridgehead atoms. The first-order valence-corrected chi connectivity index (χ1v) is 8.41. The molecule has 0 spiro atoms. The summed E-state index contributed by atoms with van der Waals surface area (Å²) in [5.74, 6) is 0.492. The van der Waals surface area contributed by atoms with Gasteiger partial charge in [-0.05, 0) is 37.8 Å². The van der Waals surface area contributed by atoms with Crippen LogP contribution in [0, 0.1) is 12.8 Å². The predicted molar refractivity (Wildman–Crippen MR) is 88.3 cm³/mol. The van der Waals surface area contributed by atoms with Crippen LogP contribution in [0.5, 0.6) is 0 Å². The van der Waals surface area contributed by atoms with Crippen LogP contribution in [0.3, 0.4) is 0 Å². The normalized spacial score (nSPS) is 35.7. The minimum absolute atomic E-state index is 0.137. The Kier molecular flexibility index (Phi) is 4.87. The quantitative estimate of drug-likeness (QED) is 0.727. The number of likely N-dealkylation sites (tertiary alicyclic amines) is 1. The molecule has 3 N–H and O–H groups in total. The molecule has 0 aliphatic carbocycles. The second kappa shape index (κ2) is 6.73. The Balaban J connectivity index is 1.61. The van der Waals surface area contributed by atoms with Gasteiger partial charge in [-0.3, -0.25) is 9.88 Å². The van der Waals surface area contributed by atoms with E-state index in [2.05, 4.69) is 21.7 Å². The molecule has 0 radical (unpaired) electrons. The van der Waals surface area contributed by atoms with E-state index in [0.717, 1.165) is 26.1 Å². The van der Waals surface area contributed by atoms with Gasteiger partial charge in [-0.25, -0.2) is 0 Å². The van der Waals surface area contributed by atoms with E-state index in [1.807, 2.05) is 25.4 Å². The maximum atomic E-state index is 10.1. The summed E-state index contributed by atoms with van der Waals surface area (Å²) in [7, 11) is 0. The van der Waals surface area contributed by atoms with Crippen molar-refractivity contribution in [1.82, 2.24) is 9.88 Å². The molecule has 1 aromatic rings. The molecule has 6 heteroatoms. The fraction of sp³-hybridized carbons (Fsp3) is 0.706. The molecule has 1 aromatic heterocycles. The lowest BCUT2D eigenvalue weighted by Crippen LogP contribution is -2.60. The Hall–Kier alpha value is -1.21. The molecule has 0 aromatic carbocycles. The number of aliphatic hydroxyl groups is 3. The van der Waals surface area contributed by atoms with Crippen molar-refractivity contribution in [1.29, 1.82) is 0 Å². The Morgan fingerprint density at radius 1 is 1.22 bits per heavy atom. The number of anilines is 1. The molecule has 128 valence electrons. The Labute approximate surface area is 137 Å². The minimum Gasteiger partial charge on any atom is -0.389 e. The van der Waals surface area contributed by atoms with Crippen molar-refractivity contribution in [3.8, 4) is 0 Å². The number of rotatable bonds is 3. The molecule has 23 heavy (non-hydrogen) atoms. The summed E-state index contributed by atoms with van der Waals surface area (Å²) in [6.07, 6.45) is 2.02. The van der Waals surface area contributed by atoms with E-state index in [-0.39, 0.29) is 6.04 Å². The summed E-state index contributed by atoms with van der Waals surface area (Å²) in [6, 6.07) is 1.89. The summed E-state index contributed by atoms with van der Waals surface area (Å²) >= 11 is 0. The number of hydrogen-bond donors (Lipinski definition) is 3. The molecule has 5 atom stereocenters. The fourth-order valence-corrected chi connectivity index (χ4v) is 3.80. The highest BCUT2D eigenvalue weighted by atomic mass is 16.4. The standard InChI is InChI=1S/C17H27N3O3/c1-11-3-5-18-7-14(11)19-6-4-13(8-19)9-20-10-15(21)17(23)16(22)12(20)2/h3,5,7,12-13,15-17,21-23H,4,6,8-10H2,1-2H3/t12-,13?,15+,16-,17-/m1/s1. The highest BCUT2D eigenvalue weighted by molar-refractivity contribution is 5.51. The lowest BCUT2D eigenvalue weighted by Gasteiger charge is -2.43. The number of β-amino-alcohol motifs (C(OH)–C–C–N with tert-alkyl or cyclic N) is 1. The van der Waals surface area contributed by atoms with Crippen LogP contribution in [0.1, 0.15) is 18.9 Å². The molecule has 6 nitrogen and oxygen atoms in total. The van der Waals surface area contributed by atoms with Gasteiger partial charge in [0.05, 0.1) is 24.1 Å². The van der Waals surface area contributed by atoms with E-state index in [0.29, 0.717) is 12.5 Å². The monoisotopic (exact) mass is 321 g/mol. The molecule has 2 saturated heterocycles. The second-order valence-corrected chi connectivity index (χ2v) is 7.01. The van der Waals surface area contributed by atoms with Crippen LogP contribution in [0.15, 0.2) is 18.5 Å². The van der Waals surface area contributed by atoms with Crippen LogP contribution in [-0.2, 0) is 0 Å². The van der Waals surface area contributed by atoms with Gasteiger partial charge in [-0.2, -0.15) is 0 Å². The molecule has 0 amide bonds. The van der Waals surface area contributed by atoms with E-state index in [4.69, 9.17) is 0 Å². The van der Waals surface area contributed by atoms with Crippen LogP contribution in [0.4, 0.5) is 5.69 Å². The Morgan fingerprint density at radius 2 is 2.00 bits per heavy atom. The third kappa shape index (κ3) is 3.35. The third-order valence-corrected chi connectivity index (χ3v) is 5.37. The lowest BCUT2D eigenvalue weighted by molar-refractivity contribution is -0.134. The van der Waals surface area contributed by atoms with Crippen molar-refractivity contribution >= 4 is 5.69 Å². The van der Waals surface area contributed by atoms with Crippen LogP contribution in [-0.4, -0.2) is 75.7 Å². The minimum atomic E-state index is -1.04. The van der Waals surface area contributed by atoms with Crippen LogP contribution < -0.4 is 4.90 Å². The summed E-state index contributed by atoms with van der Waals surface area (Å²) in [5, 5.41) is 29.7. The lowest BCUT2D eigenvalue weighted by atomic mass is 9.93. The van der Waals surface area contributed by atoms with E-state index in [1.165, 1.54) is 11.3 Å². The van der Waals surface area contributed by atoms with Crippen molar-refractivity contribution < 1.29 is 15.3 Å². The average Bonchev–Trinajstić information content (AvgIpc) is 2.99. The summed E-state index contributed by atoms with van der Waals surface area (Å²) < 4.78 is 0. The molecule has 2 fully saturated rings.